The van der Waals surface area contributed by atoms with E-state index in [1.54, 1.807) is 40.2 Å². The van der Waals surface area contributed by atoms with Crippen LogP contribution in [0.3, 0.4) is 0 Å². The van der Waals surface area contributed by atoms with Crippen molar-refractivity contribution in [1.82, 2.24) is 24.8 Å². The molecule has 1 amide bonds. The van der Waals surface area contributed by atoms with E-state index < -0.39 is 0 Å². The molecule has 0 spiro atoms. The van der Waals surface area contributed by atoms with E-state index in [1.807, 2.05) is 13.1 Å². The lowest BCUT2D eigenvalue weighted by molar-refractivity contribution is 0.0656. The molecule has 1 aliphatic heterocycles. The first-order chi connectivity index (χ1) is 16.1. The molecule has 0 radical (unpaired) electrons. The molecule has 1 aliphatic rings. The largest absolute Gasteiger partial charge is 0.445 e. The van der Waals surface area contributed by atoms with E-state index in [-0.39, 0.29) is 23.4 Å². The number of hydrogen-bond donors (Lipinski definition) is 0. The first-order valence-electron chi connectivity index (χ1n) is 11.1. The summed E-state index contributed by atoms with van der Waals surface area (Å²) in [5, 5.41) is 8.28. The predicted octanol–water partition coefficient (Wildman–Crippen LogP) is 4.30. The number of likely N-dealkylation sites (tertiary alicyclic amines) is 1. The molecule has 8 nitrogen and oxygen atoms in total. The summed E-state index contributed by atoms with van der Waals surface area (Å²) in [6.45, 7) is 3.90. The molecule has 4 heterocycles. The number of hydrogen-bond acceptors (Lipinski definition) is 6. The number of aryl methyl sites for hydroxylation is 1. The van der Waals surface area contributed by atoms with Gasteiger partial charge < -0.3 is 13.8 Å². The highest BCUT2D eigenvalue weighted by atomic mass is 19.1. The van der Waals surface area contributed by atoms with Crippen LogP contribution < -0.4 is 0 Å². The molecule has 0 saturated carbocycles. The molecule has 1 saturated heterocycles. The number of carbonyl (C=O) groups excluding carboxylic acids is 1. The van der Waals surface area contributed by atoms with Crippen LogP contribution in [0.2, 0.25) is 0 Å². The molecule has 1 atom stereocenters. The Morgan fingerprint density at radius 2 is 2.09 bits per heavy atom. The maximum absolute atomic E-state index is 13.1. The van der Waals surface area contributed by atoms with Crippen LogP contribution in [0.1, 0.15) is 53.5 Å². The van der Waals surface area contributed by atoms with Crippen LogP contribution in [0.4, 0.5) is 4.39 Å². The van der Waals surface area contributed by atoms with Crippen molar-refractivity contribution in [3.63, 3.8) is 0 Å². The number of amides is 1. The fourth-order valence-electron chi connectivity index (χ4n) is 4.10. The Labute approximate surface area is 190 Å². The maximum Gasteiger partial charge on any atom is 0.292 e. The number of piperidine rings is 1. The minimum Gasteiger partial charge on any atom is -0.445 e. The van der Waals surface area contributed by atoms with E-state index in [2.05, 4.69) is 15.2 Å². The van der Waals surface area contributed by atoms with Crippen molar-refractivity contribution < 1.29 is 18.1 Å². The number of nitrogens with zero attached hydrogens (tertiary/aromatic N) is 5. The summed E-state index contributed by atoms with van der Waals surface area (Å²) in [7, 11) is 0. The van der Waals surface area contributed by atoms with E-state index in [9.17, 15) is 9.18 Å². The van der Waals surface area contributed by atoms with Crippen molar-refractivity contribution in [1.29, 1.82) is 0 Å². The first kappa shape index (κ1) is 21.1. The third kappa shape index (κ3) is 4.57. The van der Waals surface area contributed by atoms with Crippen molar-refractivity contribution in [2.45, 2.75) is 38.6 Å². The van der Waals surface area contributed by atoms with Crippen molar-refractivity contribution in [2.75, 3.05) is 13.1 Å². The lowest BCUT2D eigenvalue weighted by Gasteiger charge is -2.30. The van der Waals surface area contributed by atoms with Crippen LogP contribution in [-0.4, -0.2) is 43.8 Å². The Kier molecular flexibility index (Phi) is 5.77. The van der Waals surface area contributed by atoms with Crippen molar-refractivity contribution in [2.24, 2.45) is 0 Å². The first-order valence-corrected chi connectivity index (χ1v) is 11.1. The number of rotatable bonds is 6. The van der Waals surface area contributed by atoms with Crippen LogP contribution in [0.5, 0.6) is 0 Å². The van der Waals surface area contributed by atoms with Gasteiger partial charge in [0.2, 0.25) is 5.76 Å². The smallest absolute Gasteiger partial charge is 0.292 e. The molecule has 0 aliphatic carbocycles. The highest BCUT2D eigenvalue weighted by Crippen LogP contribution is 2.29. The molecule has 170 valence electrons. The van der Waals surface area contributed by atoms with Crippen LogP contribution in [0, 0.1) is 5.82 Å². The van der Waals surface area contributed by atoms with Gasteiger partial charge in [0.1, 0.15) is 17.3 Å². The average molecular weight is 449 g/mol. The fourth-order valence-corrected chi connectivity index (χ4v) is 4.10. The van der Waals surface area contributed by atoms with Crippen molar-refractivity contribution in [3.05, 3.63) is 77.7 Å². The number of oxazole rings is 1. The Bertz CT molecular complexity index is 1240. The van der Waals surface area contributed by atoms with Gasteiger partial charge in [-0.1, -0.05) is 17.3 Å². The quantitative estimate of drug-likeness (QED) is 0.436. The van der Waals surface area contributed by atoms with E-state index in [0.29, 0.717) is 36.9 Å². The fraction of sp³-hybridized carbons (Fsp3) is 0.333. The summed E-state index contributed by atoms with van der Waals surface area (Å²) < 4.78 is 26.2. The zero-order valence-corrected chi connectivity index (χ0v) is 18.3. The van der Waals surface area contributed by atoms with Crippen LogP contribution >= 0.6 is 0 Å². The van der Waals surface area contributed by atoms with Gasteiger partial charge in [0.05, 0.1) is 18.3 Å². The van der Waals surface area contributed by atoms with E-state index in [1.165, 1.54) is 12.1 Å². The second-order valence-corrected chi connectivity index (χ2v) is 8.22. The number of aromatic nitrogens is 4. The van der Waals surface area contributed by atoms with Gasteiger partial charge >= 0.3 is 0 Å². The van der Waals surface area contributed by atoms with Gasteiger partial charge in [-0.3, -0.25) is 9.48 Å². The monoisotopic (exact) mass is 449 g/mol. The Hall–Kier alpha value is -3.75. The summed E-state index contributed by atoms with van der Waals surface area (Å²) in [5.41, 5.74) is 2.35. The van der Waals surface area contributed by atoms with Gasteiger partial charge in [-0.15, -0.1) is 0 Å². The number of carbonyl (C=O) groups is 1. The summed E-state index contributed by atoms with van der Waals surface area (Å²) in [4.78, 5) is 19.3. The summed E-state index contributed by atoms with van der Waals surface area (Å²) in [5.74, 6) is 1.09. The van der Waals surface area contributed by atoms with Crippen LogP contribution in [-0.2, 0) is 13.0 Å². The third-order valence-electron chi connectivity index (χ3n) is 5.89. The average Bonchev–Trinajstić information content (AvgIpc) is 3.60. The molecule has 1 fully saturated rings. The number of halogens is 1. The Morgan fingerprint density at radius 1 is 1.24 bits per heavy atom. The number of benzene rings is 1. The van der Waals surface area contributed by atoms with Crippen LogP contribution in [0.15, 0.2) is 57.9 Å². The highest BCUT2D eigenvalue weighted by molar-refractivity contribution is 5.92. The second kappa shape index (κ2) is 9.01. The second-order valence-electron chi connectivity index (χ2n) is 8.22. The summed E-state index contributed by atoms with van der Waals surface area (Å²) in [6.07, 6.45) is 7.55. The van der Waals surface area contributed by atoms with Crippen LogP contribution in [0.25, 0.3) is 11.3 Å². The minimum absolute atomic E-state index is 0.00912. The zero-order chi connectivity index (χ0) is 22.8. The molecule has 5 rings (SSSR count). The lowest BCUT2D eigenvalue weighted by Crippen LogP contribution is -2.39. The Morgan fingerprint density at radius 3 is 2.88 bits per heavy atom. The molecule has 3 aromatic heterocycles. The maximum atomic E-state index is 13.1. The molecular formula is C24H24FN5O3. The zero-order valence-electron chi connectivity index (χ0n) is 18.3. The lowest BCUT2D eigenvalue weighted by atomic mass is 9.98. The SMILES string of the molecule is CCn1cc(-c2cc(C(=O)N3CCC[C@H](c4ncc(Cc5ccc(F)cc5)o4)C3)on2)cn1. The van der Waals surface area contributed by atoms with E-state index >= 15 is 0 Å². The molecule has 9 heteroatoms. The highest BCUT2D eigenvalue weighted by Gasteiger charge is 2.30. The summed E-state index contributed by atoms with van der Waals surface area (Å²) >= 11 is 0. The van der Waals surface area contributed by atoms with Gasteiger partial charge in [-0.05, 0) is 37.5 Å². The standard InChI is InChI=1S/C24H24FN5O3/c1-2-30-15-18(12-27-30)21-11-22(33-28-21)24(31)29-9-3-4-17(14-29)23-26-13-20(32-23)10-16-5-7-19(25)8-6-16/h5-8,11-13,15,17H,2-4,9-10,14H2,1H3/t17-/m0/s1. The van der Waals surface area contributed by atoms with Gasteiger partial charge in [-0.25, -0.2) is 9.37 Å². The van der Waals surface area contributed by atoms with Crippen molar-refractivity contribution in [3.8, 4) is 11.3 Å². The van der Waals surface area contributed by atoms with E-state index in [4.69, 9.17) is 8.94 Å². The van der Waals surface area contributed by atoms with Gasteiger partial charge in [0.15, 0.2) is 5.89 Å². The minimum atomic E-state index is -0.265. The summed E-state index contributed by atoms with van der Waals surface area (Å²) in [6, 6.07) is 7.99. The van der Waals surface area contributed by atoms with Gasteiger partial charge in [0.25, 0.3) is 5.91 Å². The van der Waals surface area contributed by atoms with Gasteiger partial charge in [-0.2, -0.15) is 5.10 Å². The molecule has 1 aromatic carbocycles. The molecule has 0 bridgehead atoms. The van der Waals surface area contributed by atoms with Gasteiger partial charge in [0, 0.05) is 43.9 Å². The molecule has 4 aromatic rings. The molecule has 0 unspecified atom stereocenters. The van der Waals surface area contributed by atoms with Crippen molar-refractivity contribution >= 4 is 5.91 Å². The molecule has 33 heavy (non-hydrogen) atoms. The Balaban J connectivity index is 1.25. The third-order valence-corrected chi connectivity index (χ3v) is 5.89. The molecule has 0 N–H and O–H groups in total. The topological polar surface area (TPSA) is 90.2 Å². The normalized spacial score (nSPS) is 16.3. The molecular weight excluding hydrogens is 425 g/mol. The predicted molar refractivity (Wildman–Crippen MR) is 117 cm³/mol. The van der Waals surface area contributed by atoms with E-state index in [0.717, 1.165) is 30.5 Å².